The lowest BCUT2D eigenvalue weighted by Gasteiger charge is -2.45. The maximum atomic E-state index is 11.8. The van der Waals surface area contributed by atoms with E-state index in [9.17, 15) is 14.7 Å². The average Bonchev–Trinajstić information content (AvgIpc) is 2.55. The molecular formula is C17H21NO6. The number of phenols is 1. The zero-order valence-corrected chi connectivity index (χ0v) is 13.7. The largest absolute Gasteiger partial charge is 0.508 e. The van der Waals surface area contributed by atoms with E-state index in [1.807, 2.05) is 0 Å². The summed E-state index contributed by atoms with van der Waals surface area (Å²) in [6, 6.07) is 4.93. The first-order chi connectivity index (χ1) is 11.5. The molecule has 24 heavy (non-hydrogen) atoms. The number of carbonyl (C=O) groups excluding carboxylic acids is 2. The minimum Gasteiger partial charge on any atom is -0.508 e. The third-order valence-electron chi connectivity index (χ3n) is 4.53. The van der Waals surface area contributed by atoms with Gasteiger partial charge in [0.05, 0.1) is 6.54 Å². The van der Waals surface area contributed by atoms with Crippen molar-refractivity contribution in [2.45, 2.75) is 51.0 Å². The summed E-state index contributed by atoms with van der Waals surface area (Å²) in [4.78, 5) is 23.4. The predicted molar refractivity (Wildman–Crippen MR) is 83.5 cm³/mol. The average molecular weight is 335 g/mol. The van der Waals surface area contributed by atoms with Gasteiger partial charge in [0.25, 0.3) is 0 Å². The third-order valence-corrected chi connectivity index (χ3v) is 4.53. The van der Waals surface area contributed by atoms with Crippen molar-refractivity contribution < 1.29 is 28.9 Å². The number of ether oxygens (including phenoxy) is 3. The van der Waals surface area contributed by atoms with Crippen molar-refractivity contribution in [2.24, 2.45) is 0 Å². The summed E-state index contributed by atoms with van der Waals surface area (Å²) in [6.45, 7) is 4.30. The summed E-state index contributed by atoms with van der Waals surface area (Å²) in [5.41, 5.74) is 0.779. The Labute approximate surface area is 139 Å². The Balaban J connectivity index is 1.91. The minimum absolute atomic E-state index is 0.0504. The predicted octanol–water partition coefficient (Wildman–Crippen LogP) is 1.27. The Bertz CT molecular complexity index is 656. The number of aromatic hydroxyl groups is 1. The Morgan fingerprint density at radius 1 is 1.25 bits per heavy atom. The van der Waals surface area contributed by atoms with Gasteiger partial charge in [-0.2, -0.15) is 0 Å². The van der Waals surface area contributed by atoms with Crippen molar-refractivity contribution in [3.8, 4) is 11.5 Å². The lowest BCUT2D eigenvalue weighted by atomic mass is 9.95. The monoisotopic (exact) mass is 335 g/mol. The molecule has 0 saturated carbocycles. The molecule has 7 nitrogen and oxygen atoms in total. The van der Waals surface area contributed by atoms with Gasteiger partial charge in [-0.1, -0.05) is 19.9 Å². The normalized spacial score (nSPS) is 25.4. The van der Waals surface area contributed by atoms with Crippen LogP contribution in [-0.2, 0) is 25.5 Å². The van der Waals surface area contributed by atoms with E-state index >= 15 is 0 Å². The van der Waals surface area contributed by atoms with Crippen LogP contribution in [0.15, 0.2) is 18.2 Å². The Kier molecular flexibility index (Phi) is 4.36. The molecule has 0 bridgehead atoms. The summed E-state index contributed by atoms with van der Waals surface area (Å²) in [5, 5.41) is 13.0. The number of hydrogen-bond acceptors (Lipinski definition) is 7. The van der Waals surface area contributed by atoms with Gasteiger partial charge in [-0.15, -0.1) is 0 Å². The molecule has 7 heteroatoms. The standard InChI is InChI=1S/C17H21NO6/c1-3-11(4-2)18-9-17-14(22-15(20)16(21)24-17)7-10-5-6-12(19)8-13(10)23-17/h5-6,8,11,14,18-19H,3-4,7,9H2,1-2H3. The maximum Gasteiger partial charge on any atom is 0.420 e. The van der Waals surface area contributed by atoms with E-state index < -0.39 is 23.8 Å². The van der Waals surface area contributed by atoms with Crippen LogP contribution in [0, 0.1) is 0 Å². The molecule has 2 N–H and O–H groups in total. The molecule has 2 atom stereocenters. The van der Waals surface area contributed by atoms with Gasteiger partial charge < -0.3 is 24.6 Å². The van der Waals surface area contributed by atoms with Crippen molar-refractivity contribution in [3.05, 3.63) is 23.8 Å². The van der Waals surface area contributed by atoms with Crippen molar-refractivity contribution >= 4 is 11.9 Å². The van der Waals surface area contributed by atoms with Crippen LogP contribution in [0.3, 0.4) is 0 Å². The zero-order valence-electron chi connectivity index (χ0n) is 13.7. The van der Waals surface area contributed by atoms with Crippen LogP contribution in [0.25, 0.3) is 0 Å². The second-order valence-electron chi connectivity index (χ2n) is 6.09. The lowest BCUT2D eigenvalue weighted by Crippen LogP contribution is -2.65. The zero-order chi connectivity index (χ0) is 17.3. The van der Waals surface area contributed by atoms with E-state index in [1.54, 1.807) is 6.07 Å². The van der Waals surface area contributed by atoms with Crippen molar-refractivity contribution in [3.63, 3.8) is 0 Å². The van der Waals surface area contributed by atoms with Crippen LogP contribution in [0.2, 0.25) is 0 Å². The number of nitrogens with one attached hydrogen (secondary N) is 1. The molecular weight excluding hydrogens is 314 g/mol. The Morgan fingerprint density at radius 2 is 2.00 bits per heavy atom. The van der Waals surface area contributed by atoms with Gasteiger partial charge in [-0.05, 0) is 24.5 Å². The SMILES string of the molecule is CCC(CC)NCC12OC(=O)C(=O)OC1Cc1ccc(O)cc1O2. The Morgan fingerprint density at radius 3 is 2.71 bits per heavy atom. The van der Waals surface area contributed by atoms with Gasteiger partial charge in [-0.25, -0.2) is 9.59 Å². The summed E-state index contributed by atoms with van der Waals surface area (Å²) in [6.07, 6.45) is 1.42. The van der Waals surface area contributed by atoms with E-state index in [2.05, 4.69) is 19.2 Å². The fourth-order valence-corrected chi connectivity index (χ4v) is 3.06. The molecule has 3 rings (SSSR count). The van der Waals surface area contributed by atoms with E-state index in [4.69, 9.17) is 14.2 Å². The van der Waals surface area contributed by atoms with E-state index in [0.29, 0.717) is 12.2 Å². The molecule has 2 unspecified atom stereocenters. The number of fused-ring (bicyclic) bond motifs is 2. The summed E-state index contributed by atoms with van der Waals surface area (Å²) >= 11 is 0. The first kappa shape index (κ1) is 16.6. The highest BCUT2D eigenvalue weighted by molar-refractivity contribution is 6.30. The highest BCUT2D eigenvalue weighted by atomic mass is 16.8. The number of hydrogen-bond donors (Lipinski definition) is 2. The van der Waals surface area contributed by atoms with Gasteiger partial charge in [0, 0.05) is 18.5 Å². The topological polar surface area (TPSA) is 94.1 Å². The maximum absolute atomic E-state index is 11.8. The summed E-state index contributed by atoms with van der Waals surface area (Å²) in [7, 11) is 0. The second kappa shape index (κ2) is 6.32. The summed E-state index contributed by atoms with van der Waals surface area (Å²) in [5.74, 6) is -3.03. The molecule has 1 aromatic rings. The molecule has 2 aliphatic heterocycles. The van der Waals surface area contributed by atoms with Crippen molar-refractivity contribution in [2.75, 3.05) is 6.54 Å². The van der Waals surface area contributed by atoms with Crippen LogP contribution >= 0.6 is 0 Å². The first-order valence-electron chi connectivity index (χ1n) is 8.15. The molecule has 0 aliphatic carbocycles. The molecule has 1 aromatic carbocycles. The fourth-order valence-electron chi connectivity index (χ4n) is 3.06. The molecule has 0 radical (unpaired) electrons. The quantitative estimate of drug-likeness (QED) is 0.618. The smallest absolute Gasteiger partial charge is 0.420 e. The number of phenolic OH excluding ortho intramolecular Hbond substituents is 1. The molecule has 0 spiro atoms. The minimum atomic E-state index is -1.42. The lowest BCUT2D eigenvalue weighted by molar-refractivity contribution is -0.265. The molecule has 2 aliphatic rings. The molecule has 1 saturated heterocycles. The first-order valence-corrected chi connectivity index (χ1v) is 8.15. The second-order valence-corrected chi connectivity index (χ2v) is 6.09. The highest BCUT2D eigenvalue weighted by Gasteiger charge is 2.56. The molecule has 2 heterocycles. The third kappa shape index (κ3) is 2.91. The van der Waals surface area contributed by atoms with Crippen LogP contribution in [0.4, 0.5) is 0 Å². The number of rotatable bonds is 5. The van der Waals surface area contributed by atoms with Gasteiger partial charge >= 0.3 is 17.7 Å². The molecule has 0 amide bonds. The van der Waals surface area contributed by atoms with E-state index in [-0.39, 0.29) is 18.3 Å². The Hall–Kier alpha value is -2.28. The highest BCUT2D eigenvalue weighted by Crippen LogP contribution is 2.39. The van der Waals surface area contributed by atoms with Crippen LogP contribution in [0.1, 0.15) is 32.3 Å². The van der Waals surface area contributed by atoms with Gasteiger partial charge in [-0.3, -0.25) is 0 Å². The number of esters is 2. The number of carbonyl (C=O) groups is 2. The van der Waals surface area contributed by atoms with Crippen molar-refractivity contribution in [1.29, 1.82) is 0 Å². The number of benzene rings is 1. The van der Waals surface area contributed by atoms with Gasteiger partial charge in [0.1, 0.15) is 11.5 Å². The molecule has 130 valence electrons. The van der Waals surface area contributed by atoms with Gasteiger partial charge in [0.15, 0.2) is 6.10 Å². The van der Waals surface area contributed by atoms with Crippen molar-refractivity contribution in [1.82, 2.24) is 5.32 Å². The summed E-state index contributed by atoms with van der Waals surface area (Å²) < 4.78 is 16.5. The van der Waals surface area contributed by atoms with E-state index in [1.165, 1.54) is 12.1 Å². The van der Waals surface area contributed by atoms with Crippen LogP contribution in [-0.4, -0.2) is 41.5 Å². The van der Waals surface area contributed by atoms with Gasteiger partial charge in [0.2, 0.25) is 0 Å². The van der Waals surface area contributed by atoms with Crippen LogP contribution < -0.4 is 10.1 Å². The fraction of sp³-hybridized carbons (Fsp3) is 0.529. The van der Waals surface area contributed by atoms with E-state index in [0.717, 1.165) is 18.4 Å². The van der Waals surface area contributed by atoms with Crippen LogP contribution in [0.5, 0.6) is 11.5 Å². The molecule has 1 fully saturated rings. The molecule has 0 aromatic heterocycles.